The number of piperidine rings is 1. The number of aromatic nitrogens is 2. The SMILES string of the molecule is CC(=O)Nc1ccc(S(=O)(=O)Nc2nc3cc4c(cc3nc2N2CCCCC2)OCCO4)cc1. The van der Waals surface area contributed by atoms with Crippen molar-refractivity contribution in [2.45, 2.75) is 31.1 Å². The van der Waals surface area contributed by atoms with E-state index in [-0.39, 0.29) is 16.6 Å². The van der Waals surface area contributed by atoms with Crippen LogP contribution in [-0.4, -0.2) is 50.6 Å². The lowest BCUT2D eigenvalue weighted by Crippen LogP contribution is -2.31. The fourth-order valence-corrected chi connectivity index (χ4v) is 5.09. The van der Waals surface area contributed by atoms with E-state index in [0.717, 1.165) is 32.4 Å². The van der Waals surface area contributed by atoms with Gasteiger partial charge in [0.15, 0.2) is 23.1 Å². The van der Waals surface area contributed by atoms with Crippen LogP contribution in [0.3, 0.4) is 0 Å². The summed E-state index contributed by atoms with van der Waals surface area (Å²) in [7, 11) is -3.95. The second-order valence-corrected chi connectivity index (χ2v) is 9.92. The lowest BCUT2D eigenvalue weighted by molar-refractivity contribution is -0.114. The van der Waals surface area contributed by atoms with E-state index in [2.05, 4.69) is 19.9 Å². The zero-order chi connectivity index (χ0) is 23.7. The number of rotatable bonds is 5. The number of nitrogens with one attached hydrogen (secondary N) is 2. The molecule has 5 rings (SSSR count). The van der Waals surface area contributed by atoms with Crippen LogP contribution in [0.25, 0.3) is 11.0 Å². The summed E-state index contributed by atoms with van der Waals surface area (Å²) < 4.78 is 40.4. The van der Waals surface area contributed by atoms with Crippen LogP contribution in [0.1, 0.15) is 26.2 Å². The topological polar surface area (TPSA) is 123 Å². The predicted octanol–water partition coefficient (Wildman–Crippen LogP) is 3.15. The number of anilines is 3. The Kier molecular flexibility index (Phi) is 5.86. The molecule has 2 aliphatic heterocycles. The Balaban J connectivity index is 1.54. The van der Waals surface area contributed by atoms with Crippen molar-refractivity contribution in [3.8, 4) is 11.5 Å². The molecule has 2 N–H and O–H groups in total. The molecular formula is C23H25N5O5S. The highest BCUT2D eigenvalue weighted by atomic mass is 32.2. The first-order valence-electron chi connectivity index (χ1n) is 11.2. The Bertz CT molecular complexity index is 1340. The third kappa shape index (κ3) is 4.56. The minimum Gasteiger partial charge on any atom is -0.486 e. The zero-order valence-corrected chi connectivity index (χ0v) is 19.5. The summed E-state index contributed by atoms with van der Waals surface area (Å²) >= 11 is 0. The van der Waals surface area contributed by atoms with Crippen LogP contribution in [0.2, 0.25) is 0 Å². The van der Waals surface area contributed by atoms with Gasteiger partial charge >= 0.3 is 0 Å². The van der Waals surface area contributed by atoms with Crippen molar-refractivity contribution in [1.29, 1.82) is 0 Å². The molecule has 0 saturated carbocycles. The monoisotopic (exact) mass is 483 g/mol. The summed E-state index contributed by atoms with van der Waals surface area (Å²) in [5, 5.41) is 2.63. The minimum absolute atomic E-state index is 0.0512. The van der Waals surface area contributed by atoms with Crippen molar-refractivity contribution in [2.75, 3.05) is 41.2 Å². The zero-order valence-electron chi connectivity index (χ0n) is 18.7. The maximum Gasteiger partial charge on any atom is 0.263 e. The molecule has 34 heavy (non-hydrogen) atoms. The Hall–Kier alpha value is -3.60. The third-order valence-corrected chi connectivity index (χ3v) is 7.04. The van der Waals surface area contributed by atoms with E-state index in [1.54, 1.807) is 12.1 Å². The average Bonchev–Trinajstić information content (AvgIpc) is 2.83. The van der Waals surface area contributed by atoms with E-state index < -0.39 is 10.0 Å². The van der Waals surface area contributed by atoms with Gasteiger partial charge in [0.05, 0.1) is 15.9 Å². The van der Waals surface area contributed by atoms with Crippen LogP contribution in [0.15, 0.2) is 41.3 Å². The van der Waals surface area contributed by atoms with E-state index in [4.69, 9.17) is 14.5 Å². The number of hydrogen-bond acceptors (Lipinski definition) is 8. The Morgan fingerprint density at radius 1 is 0.941 bits per heavy atom. The van der Waals surface area contributed by atoms with E-state index >= 15 is 0 Å². The summed E-state index contributed by atoms with van der Waals surface area (Å²) in [5.41, 5.74) is 1.62. The molecule has 11 heteroatoms. The number of carbonyl (C=O) groups excluding carboxylic acids is 1. The molecule has 1 saturated heterocycles. The standard InChI is InChI=1S/C23H25N5O5S/c1-15(29)24-16-5-7-17(8-6-16)34(30,31)27-22-23(28-9-3-2-4-10-28)26-19-14-21-20(13-18(19)25-22)32-11-12-33-21/h5-8,13-14H,2-4,9-12H2,1H3,(H,24,29)(H,25,27). The molecule has 3 heterocycles. The lowest BCUT2D eigenvalue weighted by Gasteiger charge is -2.29. The van der Waals surface area contributed by atoms with Gasteiger partial charge in [-0.3, -0.25) is 9.52 Å². The lowest BCUT2D eigenvalue weighted by atomic mass is 10.1. The van der Waals surface area contributed by atoms with Gasteiger partial charge in [0.2, 0.25) is 5.91 Å². The van der Waals surface area contributed by atoms with Crippen molar-refractivity contribution in [1.82, 2.24) is 9.97 Å². The van der Waals surface area contributed by atoms with Crippen LogP contribution in [0, 0.1) is 0 Å². The number of carbonyl (C=O) groups is 1. The van der Waals surface area contributed by atoms with Gasteiger partial charge in [-0.1, -0.05) is 0 Å². The first kappa shape index (κ1) is 22.2. The van der Waals surface area contributed by atoms with Gasteiger partial charge in [-0.15, -0.1) is 0 Å². The van der Waals surface area contributed by atoms with E-state index in [1.807, 2.05) is 0 Å². The van der Waals surface area contributed by atoms with Crippen LogP contribution in [0.5, 0.6) is 11.5 Å². The van der Waals surface area contributed by atoms with E-state index in [9.17, 15) is 13.2 Å². The highest BCUT2D eigenvalue weighted by Crippen LogP contribution is 2.36. The van der Waals surface area contributed by atoms with Gasteiger partial charge < -0.3 is 19.7 Å². The van der Waals surface area contributed by atoms with Gasteiger partial charge in [-0.2, -0.15) is 0 Å². The molecule has 1 aromatic heterocycles. The second kappa shape index (κ2) is 8.98. The molecule has 1 amide bonds. The molecule has 0 bridgehead atoms. The molecule has 1 fully saturated rings. The Labute approximate surface area is 197 Å². The predicted molar refractivity (Wildman–Crippen MR) is 128 cm³/mol. The van der Waals surface area contributed by atoms with Gasteiger partial charge in [-0.25, -0.2) is 18.4 Å². The summed E-state index contributed by atoms with van der Waals surface area (Å²) in [5.74, 6) is 1.58. The number of ether oxygens (including phenoxy) is 2. The number of sulfonamides is 1. The first-order valence-corrected chi connectivity index (χ1v) is 12.6. The fourth-order valence-electron chi connectivity index (χ4n) is 4.09. The summed E-state index contributed by atoms with van der Waals surface area (Å²) in [4.78, 5) is 22.8. The Morgan fingerprint density at radius 3 is 2.18 bits per heavy atom. The van der Waals surface area contributed by atoms with Crippen molar-refractivity contribution in [2.24, 2.45) is 0 Å². The van der Waals surface area contributed by atoms with E-state index in [0.29, 0.717) is 47.3 Å². The van der Waals surface area contributed by atoms with Gasteiger partial charge in [0.25, 0.3) is 10.0 Å². The molecule has 0 radical (unpaired) electrons. The molecule has 2 aliphatic rings. The summed E-state index contributed by atoms with van der Waals surface area (Å²) in [6.45, 7) is 3.83. The molecule has 0 aliphatic carbocycles. The van der Waals surface area contributed by atoms with Crippen molar-refractivity contribution >= 4 is 44.3 Å². The van der Waals surface area contributed by atoms with Crippen LogP contribution in [-0.2, 0) is 14.8 Å². The molecule has 0 spiro atoms. The van der Waals surface area contributed by atoms with Crippen LogP contribution < -0.4 is 24.4 Å². The van der Waals surface area contributed by atoms with E-state index in [1.165, 1.54) is 31.2 Å². The second-order valence-electron chi connectivity index (χ2n) is 8.24. The number of benzene rings is 2. The van der Waals surface area contributed by atoms with Crippen molar-refractivity contribution < 1.29 is 22.7 Å². The third-order valence-electron chi connectivity index (χ3n) is 5.68. The maximum absolute atomic E-state index is 13.2. The van der Waals surface area contributed by atoms with Crippen LogP contribution in [0.4, 0.5) is 17.3 Å². The first-order chi connectivity index (χ1) is 16.4. The number of hydrogen-bond donors (Lipinski definition) is 2. The number of fused-ring (bicyclic) bond motifs is 2. The minimum atomic E-state index is -3.95. The summed E-state index contributed by atoms with van der Waals surface area (Å²) in [6, 6.07) is 9.45. The quantitative estimate of drug-likeness (QED) is 0.567. The van der Waals surface area contributed by atoms with Crippen LogP contribution >= 0.6 is 0 Å². The van der Waals surface area contributed by atoms with Crippen molar-refractivity contribution in [3.63, 3.8) is 0 Å². The van der Waals surface area contributed by atoms with Gasteiger partial charge in [0, 0.05) is 37.8 Å². The molecule has 3 aromatic rings. The fraction of sp³-hybridized carbons (Fsp3) is 0.348. The maximum atomic E-state index is 13.2. The molecule has 10 nitrogen and oxygen atoms in total. The number of amides is 1. The molecular weight excluding hydrogens is 458 g/mol. The average molecular weight is 484 g/mol. The molecule has 2 aromatic carbocycles. The molecule has 178 valence electrons. The Morgan fingerprint density at radius 2 is 1.56 bits per heavy atom. The molecule has 0 unspecified atom stereocenters. The highest BCUT2D eigenvalue weighted by molar-refractivity contribution is 7.92. The van der Waals surface area contributed by atoms with Gasteiger partial charge in [-0.05, 0) is 43.5 Å². The highest BCUT2D eigenvalue weighted by Gasteiger charge is 2.24. The number of nitrogens with zero attached hydrogens (tertiary/aromatic N) is 3. The normalized spacial score (nSPS) is 15.7. The molecule has 0 atom stereocenters. The smallest absolute Gasteiger partial charge is 0.263 e. The summed E-state index contributed by atoms with van der Waals surface area (Å²) in [6.07, 6.45) is 3.12. The van der Waals surface area contributed by atoms with Gasteiger partial charge in [0.1, 0.15) is 13.2 Å². The van der Waals surface area contributed by atoms with Crippen molar-refractivity contribution in [3.05, 3.63) is 36.4 Å². The largest absolute Gasteiger partial charge is 0.486 e.